The zero-order valence-corrected chi connectivity index (χ0v) is 23.8. The van der Waals surface area contributed by atoms with Gasteiger partial charge in [-0.25, -0.2) is 0 Å². The summed E-state index contributed by atoms with van der Waals surface area (Å²) in [6.07, 6.45) is 0. The van der Waals surface area contributed by atoms with Gasteiger partial charge < -0.3 is 4.42 Å². The van der Waals surface area contributed by atoms with Crippen molar-refractivity contribution in [2.24, 2.45) is 0 Å². The summed E-state index contributed by atoms with van der Waals surface area (Å²) in [5.41, 5.74) is 3.32. The quantitative estimate of drug-likeness (QED) is 0.188. The number of rotatable bonds is 4. The molecule has 0 saturated heterocycles. The van der Waals surface area contributed by atoms with Gasteiger partial charge in [0.15, 0.2) is 0 Å². The Labute approximate surface area is 275 Å². The van der Waals surface area contributed by atoms with E-state index in [2.05, 4.69) is 0 Å². The van der Waals surface area contributed by atoms with E-state index in [1.165, 1.54) is 0 Å². The summed E-state index contributed by atoms with van der Waals surface area (Å²) in [5, 5.41) is 2.64. The topological polar surface area (TPSA) is 13.1 Å². The van der Waals surface area contributed by atoms with E-state index in [1.807, 2.05) is 84.9 Å². The van der Waals surface area contributed by atoms with Gasteiger partial charge in [-0.2, -0.15) is 0 Å². The molecule has 0 bridgehead atoms. The third kappa shape index (κ3) is 4.17. The predicted molar refractivity (Wildman–Crippen MR) is 190 cm³/mol. The smallest absolute Gasteiger partial charge is 0.136 e. The number of hydrogen-bond acceptors (Lipinski definition) is 1. The van der Waals surface area contributed by atoms with E-state index in [0.717, 1.165) is 0 Å². The first-order valence-electron chi connectivity index (χ1n) is 19.6. The molecule has 1 heterocycles. The van der Waals surface area contributed by atoms with Crippen LogP contribution >= 0.6 is 0 Å². The third-order valence-corrected chi connectivity index (χ3v) is 8.25. The normalized spacial score (nSPS) is 14.7. The van der Waals surface area contributed by atoms with Crippen molar-refractivity contribution in [3.63, 3.8) is 0 Å². The number of para-hydroxylation sites is 1. The first-order chi connectivity index (χ1) is 26.5. The maximum Gasteiger partial charge on any atom is 0.136 e. The molecular weight excluding hydrogens is 544 g/mol. The molecule has 8 aromatic carbocycles. The van der Waals surface area contributed by atoms with Crippen LogP contribution in [0, 0.1) is 0 Å². The monoisotopic (exact) mass is 582 g/mol. The highest BCUT2D eigenvalue weighted by molar-refractivity contribution is 6.23. The van der Waals surface area contributed by atoms with Crippen molar-refractivity contribution in [1.29, 1.82) is 0 Å². The lowest BCUT2D eigenvalue weighted by Crippen LogP contribution is -1.93. The number of benzene rings is 8. The zero-order valence-electron chi connectivity index (χ0n) is 33.8. The Hall–Kier alpha value is -5.92. The van der Waals surface area contributed by atoms with Gasteiger partial charge in [-0.3, -0.25) is 0 Å². The molecule has 0 N–H and O–H groups in total. The van der Waals surface area contributed by atoms with Crippen molar-refractivity contribution in [1.82, 2.24) is 0 Å². The van der Waals surface area contributed by atoms with Crippen molar-refractivity contribution < 1.29 is 18.1 Å². The molecule has 0 spiro atoms. The molecule has 9 aromatic rings. The maximum absolute atomic E-state index is 9.96. The van der Waals surface area contributed by atoms with Gasteiger partial charge >= 0.3 is 0 Å². The van der Waals surface area contributed by atoms with Gasteiger partial charge in [-0.15, -0.1) is 0 Å². The number of fused-ring (bicyclic) bond motifs is 5. The van der Waals surface area contributed by atoms with Gasteiger partial charge in [-0.1, -0.05) is 145 Å². The second kappa shape index (κ2) is 10.4. The Morgan fingerprint density at radius 3 is 1.62 bits per heavy atom. The largest absolute Gasteiger partial charge is 0.456 e. The summed E-state index contributed by atoms with van der Waals surface area (Å²) >= 11 is 0. The van der Waals surface area contributed by atoms with E-state index in [9.17, 15) is 5.48 Å². The first-order valence-corrected chi connectivity index (χ1v) is 14.6. The fraction of sp³-hybridized carbons (Fsp3) is 0. The average Bonchev–Trinajstić information content (AvgIpc) is 3.62. The molecule has 0 radical (unpaired) electrons. The fourth-order valence-electron chi connectivity index (χ4n) is 6.28. The maximum atomic E-state index is 9.96. The lowest BCUT2D eigenvalue weighted by Gasteiger charge is -2.20. The standard InChI is InChI=1S/C44H28O/c1-3-14-29(15-4-1)31-18-13-19-32(26-31)43-34-21-7-9-23-36(34)44(37-24-10-8-22-35(37)43)40-27-39-33-20-11-12-25-41(33)45-42(39)28-38(40)30-16-5-2-6-17-30/h1-28H/i11D,12D,13D,18D,19D,20D,25D,26D,27D,28D. The molecule has 1 aromatic heterocycles. The van der Waals surface area contributed by atoms with Crippen LogP contribution in [-0.2, 0) is 0 Å². The lowest BCUT2D eigenvalue weighted by atomic mass is 9.83. The molecule has 0 aliphatic heterocycles. The van der Waals surface area contributed by atoms with Crippen LogP contribution in [-0.4, -0.2) is 0 Å². The third-order valence-electron chi connectivity index (χ3n) is 8.25. The summed E-state index contributed by atoms with van der Waals surface area (Å²) in [6.45, 7) is 0. The molecule has 0 amide bonds. The molecule has 1 heteroatoms. The number of furan rings is 1. The zero-order chi connectivity index (χ0) is 38.4. The van der Waals surface area contributed by atoms with Gasteiger partial charge in [0.1, 0.15) is 11.2 Å². The van der Waals surface area contributed by atoms with Crippen LogP contribution in [0.4, 0.5) is 0 Å². The Morgan fingerprint density at radius 1 is 0.356 bits per heavy atom. The van der Waals surface area contributed by atoms with Crippen molar-refractivity contribution in [2.45, 2.75) is 0 Å². The van der Waals surface area contributed by atoms with E-state index >= 15 is 0 Å². The molecular formula is C44H28O. The van der Waals surface area contributed by atoms with Crippen molar-refractivity contribution in [3.8, 4) is 44.5 Å². The van der Waals surface area contributed by atoms with Gasteiger partial charge in [0.2, 0.25) is 0 Å². The van der Waals surface area contributed by atoms with Crippen LogP contribution in [0.15, 0.2) is 174 Å². The molecule has 9 rings (SSSR count). The highest BCUT2D eigenvalue weighted by Crippen LogP contribution is 2.48. The van der Waals surface area contributed by atoms with Gasteiger partial charge in [0.25, 0.3) is 0 Å². The first kappa shape index (κ1) is 17.4. The van der Waals surface area contributed by atoms with Crippen molar-refractivity contribution in [3.05, 3.63) is 170 Å². The van der Waals surface area contributed by atoms with E-state index in [1.54, 1.807) is 24.3 Å². The Bertz CT molecular complexity index is 3030. The van der Waals surface area contributed by atoms with E-state index in [-0.39, 0.29) is 75.4 Å². The van der Waals surface area contributed by atoms with Crippen molar-refractivity contribution >= 4 is 43.5 Å². The summed E-state index contributed by atoms with van der Waals surface area (Å²) in [4.78, 5) is 0. The summed E-state index contributed by atoms with van der Waals surface area (Å²) in [5.74, 6) is 0. The van der Waals surface area contributed by atoms with Gasteiger partial charge in [-0.05, 0) is 90.2 Å². The molecule has 0 saturated carbocycles. The second-order valence-corrected chi connectivity index (χ2v) is 10.8. The van der Waals surface area contributed by atoms with Crippen LogP contribution in [0.3, 0.4) is 0 Å². The van der Waals surface area contributed by atoms with Crippen LogP contribution in [0.2, 0.25) is 0 Å². The molecule has 0 atom stereocenters. The molecule has 0 fully saturated rings. The minimum atomic E-state index is -0.474. The highest BCUT2D eigenvalue weighted by Gasteiger charge is 2.21. The molecule has 0 aliphatic rings. The Morgan fingerprint density at radius 2 is 0.933 bits per heavy atom. The summed E-state index contributed by atoms with van der Waals surface area (Å²) < 4.78 is 96.5. The fourth-order valence-corrected chi connectivity index (χ4v) is 6.28. The molecule has 45 heavy (non-hydrogen) atoms. The average molecular weight is 583 g/mol. The molecule has 0 unspecified atom stereocenters. The van der Waals surface area contributed by atoms with Crippen LogP contribution in [0.1, 0.15) is 13.7 Å². The minimum absolute atomic E-state index is 0.0233. The molecule has 1 nitrogen and oxygen atoms in total. The second-order valence-electron chi connectivity index (χ2n) is 10.8. The minimum Gasteiger partial charge on any atom is -0.456 e. The van der Waals surface area contributed by atoms with Crippen LogP contribution < -0.4 is 0 Å². The highest BCUT2D eigenvalue weighted by atomic mass is 16.3. The van der Waals surface area contributed by atoms with E-state index in [0.29, 0.717) is 54.9 Å². The van der Waals surface area contributed by atoms with Gasteiger partial charge in [0.05, 0.1) is 13.7 Å². The van der Waals surface area contributed by atoms with Crippen LogP contribution in [0.25, 0.3) is 88.0 Å². The SMILES string of the molecule is [2H]c1c([2H])c(-c2ccccc2)c([2H])c(-c2c3ccccc3c(-c3c(-c4ccccc4)c([2H])c4oc5c([2H])c([2H])c([2H])c([2H])c5c4c3[2H])c3ccccc23)c1[2H]. The summed E-state index contributed by atoms with van der Waals surface area (Å²) in [6, 6.07) is 30.4. The number of hydrogen-bond donors (Lipinski definition) is 0. The van der Waals surface area contributed by atoms with E-state index < -0.39 is 18.1 Å². The van der Waals surface area contributed by atoms with Crippen molar-refractivity contribution in [2.75, 3.05) is 0 Å². The molecule has 210 valence electrons. The molecule has 0 aliphatic carbocycles. The predicted octanol–water partition coefficient (Wildman–Crippen LogP) is 12.6. The Kier molecular flexibility index (Phi) is 4.01. The Balaban J connectivity index is 1.50. The van der Waals surface area contributed by atoms with E-state index in [4.69, 9.17) is 12.6 Å². The summed E-state index contributed by atoms with van der Waals surface area (Å²) in [7, 11) is 0. The van der Waals surface area contributed by atoms with Crippen LogP contribution in [0.5, 0.6) is 0 Å². The lowest BCUT2D eigenvalue weighted by molar-refractivity contribution is 0.669. The van der Waals surface area contributed by atoms with Gasteiger partial charge in [0, 0.05) is 10.8 Å².